The fourth-order valence-corrected chi connectivity index (χ4v) is 3.36. The topological polar surface area (TPSA) is 91.9 Å². The molecule has 0 radical (unpaired) electrons. The molecule has 0 atom stereocenters. The number of nitrogens with one attached hydrogen (secondary N) is 2. The van der Waals surface area contributed by atoms with E-state index >= 15 is 0 Å². The number of aromatic amines is 1. The predicted molar refractivity (Wildman–Crippen MR) is 72.8 cm³/mol. The van der Waals surface area contributed by atoms with Crippen molar-refractivity contribution in [3.63, 3.8) is 0 Å². The highest BCUT2D eigenvalue weighted by Crippen LogP contribution is 2.09. The number of aryl methyl sites for hydroxylation is 1. The van der Waals surface area contributed by atoms with Crippen molar-refractivity contribution in [1.82, 2.24) is 14.7 Å². The summed E-state index contributed by atoms with van der Waals surface area (Å²) in [4.78, 5) is 18.0. The van der Waals surface area contributed by atoms with Gasteiger partial charge >= 0.3 is 0 Å². The smallest absolute Gasteiger partial charge is 0.245 e. The van der Waals surface area contributed by atoms with E-state index in [9.17, 15) is 13.2 Å². The molecule has 102 valence electrons. The molecule has 0 saturated carbocycles. The van der Waals surface area contributed by atoms with Crippen LogP contribution >= 0.6 is 11.3 Å². The van der Waals surface area contributed by atoms with E-state index in [4.69, 9.17) is 0 Å². The predicted octanol–water partition coefficient (Wildman–Crippen LogP) is 0.661. The van der Waals surface area contributed by atoms with Gasteiger partial charge in [0.05, 0.1) is 5.01 Å². The lowest BCUT2D eigenvalue weighted by molar-refractivity contribution is 0.580. The van der Waals surface area contributed by atoms with Gasteiger partial charge in [-0.2, -0.15) is 0 Å². The Hall–Kier alpha value is -1.51. The Kier molecular flexibility index (Phi) is 4.13. The van der Waals surface area contributed by atoms with Crippen LogP contribution in [0.3, 0.4) is 0 Å². The SMILES string of the molecule is Cc1csc(CCNS(=O)(=O)c2c[nH]ccc2=O)n1. The number of nitrogens with zero attached hydrogens (tertiary/aromatic N) is 1. The molecule has 2 rings (SSSR count). The molecule has 6 nitrogen and oxygen atoms in total. The van der Waals surface area contributed by atoms with Crippen LogP contribution in [-0.2, 0) is 16.4 Å². The Bertz CT molecular complexity index is 719. The third kappa shape index (κ3) is 3.49. The Morgan fingerprint density at radius 3 is 2.89 bits per heavy atom. The van der Waals surface area contributed by atoms with E-state index in [0.29, 0.717) is 6.42 Å². The lowest BCUT2D eigenvalue weighted by Crippen LogP contribution is -2.29. The number of pyridine rings is 1. The van der Waals surface area contributed by atoms with Crippen LogP contribution in [0.15, 0.2) is 33.5 Å². The van der Waals surface area contributed by atoms with Gasteiger partial charge < -0.3 is 4.98 Å². The van der Waals surface area contributed by atoms with E-state index in [0.717, 1.165) is 10.7 Å². The minimum absolute atomic E-state index is 0.212. The molecule has 0 spiro atoms. The van der Waals surface area contributed by atoms with Crippen LogP contribution in [0.5, 0.6) is 0 Å². The van der Waals surface area contributed by atoms with E-state index in [1.165, 1.54) is 29.8 Å². The van der Waals surface area contributed by atoms with Gasteiger partial charge in [-0.25, -0.2) is 18.1 Å². The monoisotopic (exact) mass is 299 g/mol. The molecule has 0 aromatic carbocycles. The van der Waals surface area contributed by atoms with E-state index in [1.807, 2.05) is 12.3 Å². The van der Waals surface area contributed by atoms with Crippen molar-refractivity contribution < 1.29 is 8.42 Å². The van der Waals surface area contributed by atoms with Crippen molar-refractivity contribution in [3.05, 3.63) is 44.8 Å². The van der Waals surface area contributed by atoms with Crippen molar-refractivity contribution in [1.29, 1.82) is 0 Å². The van der Waals surface area contributed by atoms with Gasteiger partial charge in [0.25, 0.3) is 0 Å². The van der Waals surface area contributed by atoms with Gasteiger partial charge in [-0.3, -0.25) is 4.79 Å². The first-order valence-electron chi connectivity index (χ1n) is 5.57. The molecule has 2 heterocycles. The van der Waals surface area contributed by atoms with Gasteiger partial charge in [-0.1, -0.05) is 0 Å². The summed E-state index contributed by atoms with van der Waals surface area (Å²) in [5.74, 6) is 0. The Balaban J connectivity index is 2.03. The summed E-state index contributed by atoms with van der Waals surface area (Å²) in [5.41, 5.74) is 0.388. The summed E-state index contributed by atoms with van der Waals surface area (Å²) in [6, 6.07) is 1.18. The zero-order valence-corrected chi connectivity index (χ0v) is 11.8. The molecule has 2 N–H and O–H groups in total. The Morgan fingerprint density at radius 1 is 1.47 bits per heavy atom. The maximum Gasteiger partial charge on any atom is 0.245 e. The molecule has 0 fully saturated rings. The van der Waals surface area contributed by atoms with Crippen LogP contribution in [0.25, 0.3) is 0 Å². The molecule has 0 unspecified atom stereocenters. The van der Waals surface area contributed by atoms with Crippen LogP contribution in [0.2, 0.25) is 0 Å². The highest BCUT2D eigenvalue weighted by molar-refractivity contribution is 7.89. The van der Waals surface area contributed by atoms with Crippen LogP contribution in [0, 0.1) is 6.92 Å². The molecular formula is C11H13N3O3S2. The van der Waals surface area contributed by atoms with Gasteiger partial charge in [0, 0.05) is 42.5 Å². The van der Waals surface area contributed by atoms with Gasteiger partial charge in [0.1, 0.15) is 4.90 Å². The van der Waals surface area contributed by atoms with Crippen molar-refractivity contribution >= 4 is 21.4 Å². The standard InChI is InChI=1S/C11H13N3O3S2/c1-8-7-18-11(14-8)3-5-13-19(16,17)10-6-12-4-2-9(10)15/h2,4,6-7,13H,3,5H2,1H3,(H,12,15). The van der Waals surface area contributed by atoms with Gasteiger partial charge in [-0.05, 0) is 6.92 Å². The second kappa shape index (κ2) is 5.64. The average Bonchev–Trinajstić information content (AvgIpc) is 2.75. The third-order valence-corrected chi connectivity index (χ3v) is 4.88. The molecule has 2 aromatic heterocycles. The zero-order valence-electron chi connectivity index (χ0n) is 10.2. The molecule has 0 amide bonds. The lowest BCUT2D eigenvalue weighted by atomic mass is 10.4. The quantitative estimate of drug-likeness (QED) is 0.848. The third-order valence-electron chi connectivity index (χ3n) is 2.38. The number of rotatable bonds is 5. The number of thiazole rings is 1. The number of hydrogen-bond donors (Lipinski definition) is 2. The van der Waals surface area contributed by atoms with E-state index < -0.39 is 15.5 Å². The fraction of sp³-hybridized carbons (Fsp3) is 0.273. The van der Waals surface area contributed by atoms with Crippen LogP contribution < -0.4 is 10.2 Å². The van der Waals surface area contributed by atoms with E-state index in [1.54, 1.807) is 0 Å². The summed E-state index contributed by atoms with van der Waals surface area (Å²) < 4.78 is 26.2. The van der Waals surface area contributed by atoms with E-state index in [2.05, 4.69) is 14.7 Å². The molecule has 0 aliphatic heterocycles. The molecule has 0 bridgehead atoms. The van der Waals surface area contributed by atoms with Gasteiger partial charge in [-0.15, -0.1) is 11.3 Å². The Labute approximate surface area is 114 Å². The van der Waals surface area contributed by atoms with Crippen LogP contribution in [0.1, 0.15) is 10.7 Å². The van der Waals surface area contributed by atoms with Crippen molar-refractivity contribution in [2.24, 2.45) is 0 Å². The number of aromatic nitrogens is 2. The molecule has 8 heteroatoms. The lowest BCUT2D eigenvalue weighted by Gasteiger charge is -2.04. The second-order valence-electron chi connectivity index (χ2n) is 3.90. The maximum absolute atomic E-state index is 11.9. The highest BCUT2D eigenvalue weighted by Gasteiger charge is 2.16. The molecular weight excluding hydrogens is 286 g/mol. The molecule has 0 aliphatic carbocycles. The first kappa shape index (κ1) is 13.9. The number of H-pyrrole nitrogens is 1. The molecule has 0 aliphatic rings. The first-order chi connectivity index (χ1) is 8.99. The minimum atomic E-state index is -3.77. The zero-order chi connectivity index (χ0) is 13.9. The normalized spacial score (nSPS) is 11.6. The summed E-state index contributed by atoms with van der Waals surface area (Å²) in [7, 11) is -3.77. The summed E-state index contributed by atoms with van der Waals surface area (Å²) in [6.07, 6.45) is 3.07. The van der Waals surface area contributed by atoms with Crippen molar-refractivity contribution in [2.45, 2.75) is 18.2 Å². The minimum Gasteiger partial charge on any atom is -0.366 e. The molecule has 19 heavy (non-hydrogen) atoms. The number of sulfonamides is 1. The highest BCUT2D eigenvalue weighted by atomic mass is 32.2. The van der Waals surface area contributed by atoms with Crippen molar-refractivity contribution in [2.75, 3.05) is 6.54 Å². The van der Waals surface area contributed by atoms with E-state index in [-0.39, 0.29) is 11.4 Å². The van der Waals surface area contributed by atoms with Crippen LogP contribution in [-0.4, -0.2) is 24.9 Å². The average molecular weight is 299 g/mol. The summed E-state index contributed by atoms with van der Waals surface area (Å²) in [5, 5.41) is 2.77. The van der Waals surface area contributed by atoms with Gasteiger partial charge in [0.15, 0.2) is 0 Å². The summed E-state index contributed by atoms with van der Waals surface area (Å²) >= 11 is 1.49. The van der Waals surface area contributed by atoms with Crippen LogP contribution in [0.4, 0.5) is 0 Å². The largest absolute Gasteiger partial charge is 0.366 e. The second-order valence-corrected chi connectivity index (χ2v) is 6.58. The maximum atomic E-state index is 11.9. The first-order valence-corrected chi connectivity index (χ1v) is 7.93. The fourth-order valence-electron chi connectivity index (χ4n) is 1.50. The Morgan fingerprint density at radius 2 is 2.26 bits per heavy atom. The number of hydrogen-bond acceptors (Lipinski definition) is 5. The van der Waals surface area contributed by atoms with Gasteiger partial charge in [0.2, 0.25) is 15.5 Å². The van der Waals surface area contributed by atoms with Crippen molar-refractivity contribution in [3.8, 4) is 0 Å². The summed E-state index contributed by atoms with van der Waals surface area (Å²) in [6.45, 7) is 2.09. The molecule has 2 aromatic rings. The molecule has 0 saturated heterocycles.